The van der Waals surface area contributed by atoms with Gasteiger partial charge in [-0.3, -0.25) is 4.79 Å². The highest BCUT2D eigenvalue weighted by molar-refractivity contribution is 6.07. The summed E-state index contributed by atoms with van der Waals surface area (Å²) in [5, 5.41) is 9.66. The third-order valence-corrected chi connectivity index (χ3v) is 2.86. The molecule has 0 amide bonds. The number of aromatic carboxylic acids is 1. The van der Waals surface area contributed by atoms with E-state index in [2.05, 4.69) is 4.98 Å². The van der Waals surface area contributed by atoms with Crippen LogP contribution in [0.5, 0.6) is 0 Å². The summed E-state index contributed by atoms with van der Waals surface area (Å²) >= 11 is 0. The zero-order chi connectivity index (χ0) is 12.6. The zero-order valence-corrected chi connectivity index (χ0v) is 9.65. The summed E-state index contributed by atoms with van der Waals surface area (Å²) in [4.78, 5) is 24.7. The summed E-state index contributed by atoms with van der Waals surface area (Å²) in [6.07, 6.45) is 0.590. The van der Waals surface area contributed by atoms with Crippen LogP contribution < -0.4 is 0 Å². The lowest BCUT2D eigenvalue weighted by Gasteiger charge is -2.04. The first kappa shape index (κ1) is 11.4. The molecular formula is C13H13NO3. The Balaban J connectivity index is 2.75. The molecule has 17 heavy (non-hydrogen) atoms. The molecule has 4 heteroatoms. The van der Waals surface area contributed by atoms with Gasteiger partial charge in [-0.15, -0.1) is 0 Å². The minimum Gasteiger partial charge on any atom is -0.477 e. The van der Waals surface area contributed by atoms with Crippen LogP contribution in [-0.2, 0) is 0 Å². The summed E-state index contributed by atoms with van der Waals surface area (Å²) in [5.74, 6) is -0.781. The average Bonchev–Trinajstić information content (AvgIpc) is 2.66. The molecule has 0 bridgehead atoms. The lowest BCUT2D eigenvalue weighted by atomic mass is 10.0. The van der Waals surface area contributed by atoms with E-state index < -0.39 is 5.97 Å². The number of aldehydes is 1. The number of benzene rings is 1. The Bertz CT molecular complexity index is 596. The predicted octanol–water partition coefficient (Wildman–Crippen LogP) is 2.80. The molecule has 0 saturated carbocycles. The molecule has 0 atom stereocenters. The largest absolute Gasteiger partial charge is 0.477 e. The number of rotatable bonds is 3. The Labute approximate surface area is 98.3 Å². The van der Waals surface area contributed by atoms with Gasteiger partial charge in [0.2, 0.25) is 0 Å². The highest BCUT2D eigenvalue weighted by atomic mass is 16.4. The number of aromatic nitrogens is 1. The Morgan fingerprint density at radius 3 is 2.65 bits per heavy atom. The standard InChI is InChI=1S/C13H13NO3/c1-7(2)8-3-4-11-9(5-8)10(6-15)12(14-11)13(16)17/h3-7,14H,1-2H3,(H,16,17). The Morgan fingerprint density at radius 1 is 1.41 bits per heavy atom. The predicted molar refractivity (Wildman–Crippen MR) is 64.7 cm³/mol. The summed E-state index contributed by atoms with van der Waals surface area (Å²) in [5.41, 5.74) is 1.93. The molecule has 2 aromatic rings. The van der Waals surface area contributed by atoms with Gasteiger partial charge in [0.25, 0.3) is 0 Å². The molecule has 0 saturated heterocycles. The fourth-order valence-electron chi connectivity index (χ4n) is 1.88. The summed E-state index contributed by atoms with van der Waals surface area (Å²) in [7, 11) is 0. The summed E-state index contributed by atoms with van der Waals surface area (Å²) < 4.78 is 0. The van der Waals surface area contributed by atoms with Crippen molar-refractivity contribution >= 4 is 23.2 Å². The minimum absolute atomic E-state index is 0.0455. The number of H-pyrrole nitrogens is 1. The van der Waals surface area contributed by atoms with Crippen LogP contribution >= 0.6 is 0 Å². The normalized spacial score (nSPS) is 11.0. The van der Waals surface area contributed by atoms with Crippen molar-refractivity contribution in [1.29, 1.82) is 0 Å². The molecule has 1 heterocycles. The van der Waals surface area contributed by atoms with E-state index in [9.17, 15) is 9.59 Å². The molecule has 1 aromatic heterocycles. The van der Waals surface area contributed by atoms with E-state index in [1.165, 1.54) is 0 Å². The Kier molecular flexibility index (Phi) is 2.71. The van der Waals surface area contributed by atoms with Crippen molar-refractivity contribution in [1.82, 2.24) is 4.98 Å². The maximum atomic E-state index is 11.0. The number of carbonyl (C=O) groups excluding carboxylic acids is 1. The third-order valence-electron chi connectivity index (χ3n) is 2.86. The molecule has 1 aromatic carbocycles. The van der Waals surface area contributed by atoms with Crippen LogP contribution in [0.4, 0.5) is 0 Å². The van der Waals surface area contributed by atoms with E-state index in [0.717, 1.165) is 5.56 Å². The number of carboxylic acid groups (broad SMARTS) is 1. The molecule has 0 radical (unpaired) electrons. The molecule has 2 N–H and O–H groups in total. The van der Waals surface area contributed by atoms with Gasteiger partial charge in [0.1, 0.15) is 5.69 Å². The van der Waals surface area contributed by atoms with Crippen LogP contribution in [0.1, 0.15) is 46.2 Å². The topological polar surface area (TPSA) is 70.2 Å². The number of hydrogen-bond acceptors (Lipinski definition) is 2. The van der Waals surface area contributed by atoms with Crippen LogP contribution in [0.15, 0.2) is 18.2 Å². The maximum absolute atomic E-state index is 11.0. The van der Waals surface area contributed by atoms with E-state index >= 15 is 0 Å². The molecule has 4 nitrogen and oxygen atoms in total. The maximum Gasteiger partial charge on any atom is 0.353 e. The van der Waals surface area contributed by atoms with Crippen LogP contribution in [0.3, 0.4) is 0 Å². The van der Waals surface area contributed by atoms with Crippen molar-refractivity contribution in [3.63, 3.8) is 0 Å². The van der Waals surface area contributed by atoms with E-state index in [-0.39, 0.29) is 11.3 Å². The molecule has 2 rings (SSSR count). The molecule has 0 unspecified atom stereocenters. The van der Waals surface area contributed by atoms with E-state index in [1.807, 2.05) is 32.0 Å². The van der Waals surface area contributed by atoms with Gasteiger partial charge in [0, 0.05) is 10.9 Å². The molecule has 0 spiro atoms. The van der Waals surface area contributed by atoms with Gasteiger partial charge >= 0.3 is 5.97 Å². The number of nitrogens with one attached hydrogen (secondary N) is 1. The fraction of sp³-hybridized carbons (Fsp3) is 0.231. The smallest absolute Gasteiger partial charge is 0.353 e. The Morgan fingerprint density at radius 2 is 2.12 bits per heavy atom. The van der Waals surface area contributed by atoms with Crippen molar-refractivity contribution in [3.05, 3.63) is 35.0 Å². The second kappa shape index (κ2) is 4.05. The zero-order valence-electron chi connectivity index (χ0n) is 9.65. The number of carboxylic acids is 1. The van der Waals surface area contributed by atoms with Gasteiger partial charge in [0.15, 0.2) is 6.29 Å². The fourth-order valence-corrected chi connectivity index (χ4v) is 1.88. The van der Waals surface area contributed by atoms with Crippen molar-refractivity contribution in [2.24, 2.45) is 0 Å². The number of fused-ring (bicyclic) bond motifs is 1. The lowest BCUT2D eigenvalue weighted by molar-refractivity contribution is 0.0688. The molecule has 0 fully saturated rings. The van der Waals surface area contributed by atoms with Crippen LogP contribution in [0.2, 0.25) is 0 Å². The van der Waals surface area contributed by atoms with Crippen LogP contribution in [-0.4, -0.2) is 22.3 Å². The van der Waals surface area contributed by atoms with Crippen LogP contribution in [0, 0.1) is 0 Å². The van der Waals surface area contributed by atoms with Crippen molar-refractivity contribution in [3.8, 4) is 0 Å². The van der Waals surface area contributed by atoms with Gasteiger partial charge in [-0.25, -0.2) is 4.79 Å². The molecule has 0 aliphatic carbocycles. The first-order valence-corrected chi connectivity index (χ1v) is 5.38. The van der Waals surface area contributed by atoms with E-state index in [1.54, 1.807) is 0 Å². The molecular weight excluding hydrogens is 218 g/mol. The van der Waals surface area contributed by atoms with Gasteiger partial charge < -0.3 is 10.1 Å². The Hall–Kier alpha value is -2.10. The molecule has 0 aliphatic rings. The second-order valence-electron chi connectivity index (χ2n) is 4.30. The van der Waals surface area contributed by atoms with E-state index in [0.29, 0.717) is 23.1 Å². The monoisotopic (exact) mass is 231 g/mol. The first-order valence-electron chi connectivity index (χ1n) is 5.38. The second-order valence-corrected chi connectivity index (χ2v) is 4.30. The highest BCUT2D eigenvalue weighted by Crippen LogP contribution is 2.25. The third kappa shape index (κ3) is 1.82. The van der Waals surface area contributed by atoms with Gasteiger partial charge in [0.05, 0.1) is 5.56 Å². The number of hydrogen-bond donors (Lipinski definition) is 2. The quantitative estimate of drug-likeness (QED) is 0.798. The number of aromatic amines is 1. The van der Waals surface area contributed by atoms with Crippen molar-refractivity contribution in [2.45, 2.75) is 19.8 Å². The summed E-state index contributed by atoms with van der Waals surface area (Å²) in [6, 6.07) is 5.61. The van der Waals surface area contributed by atoms with E-state index in [4.69, 9.17) is 5.11 Å². The summed E-state index contributed by atoms with van der Waals surface area (Å²) in [6.45, 7) is 4.10. The molecule has 0 aliphatic heterocycles. The SMILES string of the molecule is CC(C)c1ccc2[nH]c(C(=O)O)c(C=O)c2c1. The van der Waals surface area contributed by atoms with Gasteiger partial charge in [-0.1, -0.05) is 19.9 Å². The highest BCUT2D eigenvalue weighted by Gasteiger charge is 2.16. The average molecular weight is 231 g/mol. The molecule has 88 valence electrons. The van der Waals surface area contributed by atoms with Crippen molar-refractivity contribution in [2.75, 3.05) is 0 Å². The van der Waals surface area contributed by atoms with Crippen molar-refractivity contribution < 1.29 is 14.7 Å². The van der Waals surface area contributed by atoms with Gasteiger partial charge in [-0.2, -0.15) is 0 Å². The minimum atomic E-state index is -1.12. The lowest BCUT2D eigenvalue weighted by Crippen LogP contribution is -2.00. The first-order chi connectivity index (χ1) is 8.04. The van der Waals surface area contributed by atoms with Crippen LogP contribution in [0.25, 0.3) is 10.9 Å². The van der Waals surface area contributed by atoms with Gasteiger partial charge in [-0.05, 0) is 23.6 Å². The number of carbonyl (C=O) groups is 2.